The minimum atomic E-state index is -1.53. The van der Waals surface area contributed by atoms with E-state index >= 15 is 0 Å². The van der Waals surface area contributed by atoms with E-state index < -0.39 is 13.1 Å². The molecule has 2 aromatic rings. The lowest BCUT2D eigenvalue weighted by atomic mass is 9.77. The highest BCUT2D eigenvalue weighted by atomic mass is 16.4. The van der Waals surface area contributed by atoms with Gasteiger partial charge in [0.15, 0.2) is 0 Å². The number of rotatable bonds is 5. The largest absolute Gasteiger partial charge is 0.488 e. The molecular weight excluding hydrogens is 269 g/mol. The summed E-state index contributed by atoms with van der Waals surface area (Å²) in [6.07, 6.45) is 0. The van der Waals surface area contributed by atoms with E-state index in [0.717, 1.165) is 11.3 Å². The number of hydrogen-bond donors (Lipinski definition) is 3. The standard InChI is InChI=1S/C15H16BNO4/c1-17(13-7-4-6-11(9-13)15(18)19)10-12-5-2-3-8-14(12)16(20)21/h2-9,20-21H,10H2,1H3,(H,18,19). The zero-order valence-electron chi connectivity index (χ0n) is 11.6. The van der Waals surface area contributed by atoms with E-state index in [1.165, 1.54) is 6.07 Å². The fourth-order valence-electron chi connectivity index (χ4n) is 2.15. The Labute approximate surface area is 123 Å². The summed E-state index contributed by atoms with van der Waals surface area (Å²) in [6, 6.07) is 13.6. The number of aromatic carboxylic acids is 1. The molecule has 0 heterocycles. The van der Waals surface area contributed by atoms with Crippen LogP contribution in [0.4, 0.5) is 5.69 Å². The van der Waals surface area contributed by atoms with Crippen molar-refractivity contribution in [2.24, 2.45) is 0 Å². The van der Waals surface area contributed by atoms with Crippen LogP contribution in [0.2, 0.25) is 0 Å². The average Bonchev–Trinajstić information content (AvgIpc) is 2.47. The summed E-state index contributed by atoms with van der Waals surface area (Å²) in [6.45, 7) is 0.441. The van der Waals surface area contributed by atoms with Gasteiger partial charge in [0.2, 0.25) is 0 Å². The fourth-order valence-corrected chi connectivity index (χ4v) is 2.15. The molecule has 108 valence electrons. The van der Waals surface area contributed by atoms with Crippen molar-refractivity contribution in [1.82, 2.24) is 0 Å². The monoisotopic (exact) mass is 285 g/mol. The van der Waals surface area contributed by atoms with Gasteiger partial charge in [-0.25, -0.2) is 4.79 Å². The maximum Gasteiger partial charge on any atom is 0.488 e. The maximum atomic E-state index is 11.0. The number of carbonyl (C=O) groups is 1. The van der Waals surface area contributed by atoms with E-state index in [1.54, 1.807) is 24.3 Å². The first-order valence-corrected chi connectivity index (χ1v) is 6.47. The molecule has 0 unspecified atom stereocenters. The fraction of sp³-hybridized carbons (Fsp3) is 0.133. The third kappa shape index (κ3) is 3.62. The Morgan fingerprint density at radius 3 is 2.52 bits per heavy atom. The first-order valence-electron chi connectivity index (χ1n) is 6.47. The Morgan fingerprint density at radius 2 is 1.86 bits per heavy atom. The van der Waals surface area contributed by atoms with Crippen molar-refractivity contribution in [3.8, 4) is 0 Å². The minimum Gasteiger partial charge on any atom is -0.478 e. The molecule has 0 aromatic heterocycles. The molecular formula is C15H16BNO4. The molecule has 0 aliphatic rings. The minimum absolute atomic E-state index is 0.217. The smallest absolute Gasteiger partial charge is 0.478 e. The lowest BCUT2D eigenvalue weighted by Crippen LogP contribution is -2.35. The summed E-state index contributed by atoms with van der Waals surface area (Å²) in [5.74, 6) is -0.976. The highest BCUT2D eigenvalue weighted by Crippen LogP contribution is 2.17. The lowest BCUT2D eigenvalue weighted by molar-refractivity contribution is 0.0697. The Hall–Kier alpha value is -2.31. The second-order valence-corrected chi connectivity index (χ2v) is 4.78. The van der Waals surface area contributed by atoms with Crippen LogP contribution in [0.3, 0.4) is 0 Å². The van der Waals surface area contributed by atoms with Gasteiger partial charge in [0, 0.05) is 19.3 Å². The van der Waals surface area contributed by atoms with Crippen molar-refractivity contribution >= 4 is 24.2 Å². The normalized spacial score (nSPS) is 10.2. The summed E-state index contributed by atoms with van der Waals surface area (Å²) in [4.78, 5) is 12.8. The highest BCUT2D eigenvalue weighted by molar-refractivity contribution is 6.59. The maximum absolute atomic E-state index is 11.0. The Morgan fingerprint density at radius 1 is 1.14 bits per heavy atom. The van der Waals surface area contributed by atoms with Crippen LogP contribution in [0, 0.1) is 0 Å². The van der Waals surface area contributed by atoms with Crippen molar-refractivity contribution in [2.75, 3.05) is 11.9 Å². The molecule has 2 aromatic carbocycles. The van der Waals surface area contributed by atoms with Crippen molar-refractivity contribution in [3.63, 3.8) is 0 Å². The van der Waals surface area contributed by atoms with Crippen LogP contribution in [0.1, 0.15) is 15.9 Å². The first-order chi connectivity index (χ1) is 9.99. The number of carboxylic acid groups (broad SMARTS) is 1. The molecule has 0 saturated heterocycles. The van der Waals surface area contributed by atoms with Gasteiger partial charge in [-0.1, -0.05) is 30.3 Å². The van der Waals surface area contributed by atoms with Gasteiger partial charge in [-0.15, -0.1) is 0 Å². The van der Waals surface area contributed by atoms with Crippen molar-refractivity contribution in [3.05, 3.63) is 59.7 Å². The van der Waals surface area contributed by atoms with Crippen molar-refractivity contribution in [2.45, 2.75) is 6.54 Å². The molecule has 0 aliphatic carbocycles. The molecule has 0 fully saturated rings. The quantitative estimate of drug-likeness (QED) is 0.705. The van der Waals surface area contributed by atoms with Crippen LogP contribution >= 0.6 is 0 Å². The van der Waals surface area contributed by atoms with Gasteiger partial charge in [0.05, 0.1) is 5.56 Å². The summed E-state index contributed by atoms with van der Waals surface area (Å²) in [5, 5.41) is 27.7. The van der Waals surface area contributed by atoms with Crippen LogP contribution in [0.15, 0.2) is 48.5 Å². The number of nitrogens with zero attached hydrogens (tertiary/aromatic N) is 1. The number of benzene rings is 2. The summed E-state index contributed by atoms with van der Waals surface area (Å²) >= 11 is 0. The van der Waals surface area contributed by atoms with Gasteiger partial charge in [-0.05, 0) is 29.2 Å². The van der Waals surface area contributed by atoms with Crippen molar-refractivity contribution < 1.29 is 19.9 Å². The summed E-state index contributed by atoms with van der Waals surface area (Å²) < 4.78 is 0. The van der Waals surface area contributed by atoms with E-state index in [0.29, 0.717) is 12.0 Å². The third-order valence-corrected chi connectivity index (χ3v) is 3.27. The van der Waals surface area contributed by atoms with Gasteiger partial charge in [-0.3, -0.25) is 0 Å². The van der Waals surface area contributed by atoms with Crippen molar-refractivity contribution in [1.29, 1.82) is 0 Å². The van der Waals surface area contributed by atoms with Gasteiger partial charge >= 0.3 is 13.1 Å². The second-order valence-electron chi connectivity index (χ2n) is 4.78. The van der Waals surface area contributed by atoms with E-state index in [9.17, 15) is 14.8 Å². The average molecular weight is 285 g/mol. The lowest BCUT2D eigenvalue weighted by Gasteiger charge is -2.21. The van der Waals surface area contributed by atoms with Gasteiger partial charge in [0.1, 0.15) is 0 Å². The zero-order chi connectivity index (χ0) is 15.4. The predicted molar refractivity (Wildman–Crippen MR) is 81.8 cm³/mol. The van der Waals surface area contributed by atoms with E-state index in [2.05, 4.69) is 0 Å². The molecule has 0 aliphatic heterocycles. The van der Waals surface area contributed by atoms with Gasteiger partial charge < -0.3 is 20.1 Å². The molecule has 6 heteroatoms. The van der Waals surface area contributed by atoms with Gasteiger partial charge in [-0.2, -0.15) is 0 Å². The molecule has 2 rings (SSSR count). The van der Waals surface area contributed by atoms with E-state index in [1.807, 2.05) is 30.1 Å². The summed E-state index contributed by atoms with van der Waals surface area (Å²) in [5.41, 5.74) is 2.18. The van der Waals surface area contributed by atoms with Gasteiger partial charge in [0.25, 0.3) is 0 Å². The second kappa shape index (κ2) is 6.43. The molecule has 0 bridgehead atoms. The topological polar surface area (TPSA) is 81.0 Å². The summed E-state index contributed by atoms with van der Waals surface area (Å²) in [7, 11) is 0.293. The molecule has 3 N–H and O–H groups in total. The van der Waals surface area contributed by atoms with Crippen LogP contribution in [-0.4, -0.2) is 35.3 Å². The molecule has 5 nitrogen and oxygen atoms in total. The number of hydrogen-bond acceptors (Lipinski definition) is 4. The first kappa shape index (κ1) is 15.1. The molecule has 21 heavy (non-hydrogen) atoms. The zero-order valence-corrected chi connectivity index (χ0v) is 11.6. The Balaban J connectivity index is 2.24. The number of anilines is 1. The van der Waals surface area contributed by atoms with Crippen LogP contribution in [0.5, 0.6) is 0 Å². The predicted octanol–water partition coefficient (Wildman–Crippen LogP) is 0.701. The van der Waals surface area contributed by atoms with Crippen LogP contribution < -0.4 is 10.4 Å². The van der Waals surface area contributed by atoms with E-state index in [4.69, 9.17) is 5.11 Å². The Kier molecular flexibility index (Phi) is 4.62. The number of carboxylic acids is 1. The molecule has 0 atom stereocenters. The molecule has 0 radical (unpaired) electrons. The SMILES string of the molecule is CN(Cc1ccccc1B(O)O)c1cccc(C(=O)O)c1. The van der Waals surface area contributed by atoms with Crippen LogP contribution in [-0.2, 0) is 6.54 Å². The molecule has 0 amide bonds. The molecule has 0 spiro atoms. The third-order valence-electron chi connectivity index (χ3n) is 3.27. The Bertz CT molecular complexity index is 645. The molecule has 0 saturated carbocycles. The van der Waals surface area contributed by atoms with E-state index in [-0.39, 0.29) is 5.56 Å². The van der Waals surface area contributed by atoms with Crippen LogP contribution in [0.25, 0.3) is 0 Å². The highest BCUT2D eigenvalue weighted by Gasteiger charge is 2.16.